The molecular weight excluding hydrogens is 476 g/mol. The summed E-state index contributed by atoms with van der Waals surface area (Å²) in [6.07, 6.45) is 7.39. The third-order valence-corrected chi connectivity index (χ3v) is 9.63. The standard InChI is InChI=1S/C28H38N2O5S/c1-34-25-11-12-26(35-2)27(21-25)36(32,33)30-19-15-23(16-20-30)8-6-7-22-13-17-29(18-14-22)28(31)24-9-4-3-5-10-24/h3-5,9-12,21-23H,6-8,13-20H2,1-2H3. The second-order valence-corrected chi connectivity index (χ2v) is 11.8. The minimum atomic E-state index is -3.63. The van der Waals surface area contributed by atoms with Crippen LogP contribution in [0.15, 0.2) is 53.4 Å². The minimum absolute atomic E-state index is 0.141. The number of amides is 1. The van der Waals surface area contributed by atoms with Gasteiger partial charge in [-0.15, -0.1) is 0 Å². The zero-order valence-electron chi connectivity index (χ0n) is 21.4. The third-order valence-electron chi connectivity index (χ3n) is 7.71. The molecule has 0 spiro atoms. The van der Waals surface area contributed by atoms with Crippen LogP contribution in [0.2, 0.25) is 0 Å². The highest BCUT2D eigenvalue weighted by molar-refractivity contribution is 7.89. The van der Waals surface area contributed by atoms with Crippen molar-refractivity contribution in [1.29, 1.82) is 0 Å². The van der Waals surface area contributed by atoms with Gasteiger partial charge in [-0.3, -0.25) is 4.79 Å². The van der Waals surface area contributed by atoms with Crippen LogP contribution < -0.4 is 9.47 Å². The molecule has 36 heavy (non-hydrogen) atoms. The molecule has 2 aliphatic heterocycles. The van der Waals surface area contributed by atoms with Gasteiger partial charge in [-0.1, -0.05) is 37.5 Å². The fourth-order valence-electron chi connectivity index (χ4n) is 5.45. The van der Waals surface area contributed by atoms with Gasteiger partial charge >= 0.3 is 0 Å². The molecule has 4 rings (SSSR count). The van der Waals surface area contributed by atoms with Crippen LogP contribution in [0.25, 0.3) is 0 Å². The molecule has 2 aromatic rings. The molecule has 2 aromatic carbocycles. The minimum Gasteiger partial charge on any atom is -0.497 e. The number of carbonyl (C=O) groups excluding carboxylic acids is 1. The van der Waals surface area contributed by atoms with Crippen molar-refractivity contribution >= 4 is 15.9 Å². The summed E-state index contributed by atoms with van der Waals surface area (Å²) in [6.45, 7) is 2.74. The molecule has 0 N–H and O–H groups in total. The van der Waals surface area contributed by atoms with Crippen LogP contribution in [-0.4, -0.2) is 63.9 Å². The average molecular weight is 515 g/mol. The van der Waals surface area contributed by atoms with Crippen molar-refractivity contribution in [1.82, 2.24) is 9.21 Å². The van der Waals surface area contributed by atoms with Crippen molar-refractivity contribution in [2.24, 2.45) is 11.8 Å². The Morgan fingerprint density at radius 2 is 1.47 bits per heavy atom. The lowest BCUT2D eigenvalue weighted by Gasteiger charge is -2.33. The molecule has 7 nitrogen and oxygen atoms in total. The maximum Gasteiger partial charge on any atom is 0.253 e. The molecule has 2 saturated heterocycles. The summed E-state index contributed by atoms with van der Waals surface area (Å²) in [5.74, 6) is 2.21. The van der Waals surface area contributed by atoms with Gasteiger partial charge in [0, 0.05) is 37.8 Å². The average Bonchev–Trinajstić information content (AvgIpc) is 2.93. The molecule has 0 bridgehead atoms. The quantitative estimate of drug-likeness (QED) is 0.479. The fraction of sp³-hybridized carbons (Fsp3) is 0.536. The van der Waals surface area contributed by atoms with Gasteiger partial charge in [-0.25, -0.2) is 8.42 Å². The van der Waals surface area contributed by atoms with E-state index in [0.717, 1.165) is 50.8 Å². The molecule has 196 valence electrons. The predicted octanol–water partition coefficient (Wildman–Crippen LogP) is 4.83. The number of benzene rings is 2. The molecule has 2 heterocycles. The lowest BCUT2D eigenvalue weighted by atomic mass is 9.87. The molecule has 0 saturated carbocycles. The molecular formula is C28H38N2O5S. The molecule has 0 aromatic heterocycles. The van der Waals surface area contributed by atoms with Gasteiger partial charge in [-0.05, 0) is 61.8 Å². The number of piperidine rings is 2. The molecule has 0 aliphatic carbocycles. The Morgan fingerprint density at radius 3 is 2.06 bits per heavy atom. The maximum atomic E-state index is 13.3. The third kappa shape index (κ3) is 6.21. The largest absolute Gasteiger partial charge is 0.497 e. The highest BCUT2D eigenvalue weighted by atomic mass is 32.2. The first kappa shape index (κ1) is 26.5. The Labute approximate surface area is 215 Å². The number of ether oxygens (including phenoxy) is 2. The summed E-state index contributed by atoms with van der Waals surface area (Å²) < 4.78 is 38.7. The topological polar surface area (TPSA) is 76.2 Å². The summed E-state index contributed by atoms with van der Waals surface area (Å²) >= 11 is 0. The SMILES string of the molecule is COc1ccc(OC)c(S(=O)(=O)N2CCC(CCCC3CCN(C(=O)c4ccccc4)CC3)CC2)c1. The van der Waals surface area contributed by atoms with Crippen LogP contribution in [0.5, 0.6) is 11.5 Å². The number of hydrogen-bond donors (Lipinski definition) is 0. The summed E-state index contributed by atoms with van der Waals surface area (Å²) in [5.41, 5.74) is 0.772. The Hall–Kier alpha value is -2.58. The normalized spacial score (nSPS) is 18.2. The van der Waals surface area contributed by atoms with Crippen LogP contribution in [0.1, 0.15) is 55.3 Å². The van der Waals surface area contributed by atoms with Crippen LogP contribution in [0, 0.1) is 11.8 Å². The summed E-state index contributed by atoms with van der Waals surface area (Å²) in [7, 11) is -0.625. The van der Waals surface area contributed by atoms with Gasteiger partial charge < -0.3 is 14.4 Å². The van der Waals surface area contributed by atoms with E-state index < -0.39 is 10.0 Å². The van der Waals surface area contributed by atoms with Crippen LogP contribution in [0.4, 0.5) is 0 Å². The molecule has 2 fully saturated rings. The zero-order chi connectivity index (χ0) is 25.5. The van der Waals surface area contributed by atoms with E-state index in [2.05, 4.69) is 0 Å². The van der Waals surface area contributed by atoms with E-state index in [4.69, 9.17) is 9.47 Å². The van der Waals surface area contributed by atoms with Gasteiger partial charge in [-0.2, -0.15) is 4.31 Å². The Kier molecular flexibility index (Phi) is 8.90. The van der Waals surface area contributed by atoms with Crippen molar-refractivity contribution in [2.75, 3.05) is 40.4 Å². The first-order valence-electron chi connectivity index (χ1n) is 13.0. The first-order valence-corrected chi connectivity index (χ1v) is 14.4. The van der Waals surface area contributed by atoms with Crippen molar-refractivity contribution in [3.63, 3.8) is 0 Å². The lowest BCUT2D eigenvalue weighted by Crippen LogP contribution is -2.39. The van der Waals surface area contributed by atoms with Crippen molar-refractivity contribution in [3.8, 4) is 11.5 Å². The van der Waals surface area contributed by atoms with E-state index >= 15 is 0 Å². The molecule has 0 atom stereocenters. The Bertz CT molecular complexity index is 1110. The van der Waals surface area contributed by atoms with Gasteiger partial charge in [0.15, 0.2) is 0 Å². The molecule has 1 amide bonds. The molecule has 0 radical (unpaired) electrons. The van der Waals surface area contributed by atoms with E-state index in [-0.39, 0.29) is 10.8 Å². The summed E-state index contributed by atoms with van der Waals surface area (Å²) in [5, 5.41) is 0. The number of likely N-dealkylation sites (tertiary alicyclic amines) is 1. The lowest BCUT2D eigenvalue weighted by molar-refractivity contribution is 0.0685. The van der Waals surface area contributed by atoms with Gasteiger partial charge in [0.1, 0.15) is 16.4 Å². The van der Waals surface area contributed by atoms with Gasteiger partial charge in [0.25, 0.3) is 5.91 Å². The molecule has 2 aliphatic rings. The first-order chi connectivity index (χ1) is 17.4. The second kappa shape index (κ2) is 12.1. The molecule has 0 unspecified atom stereocenters. The zero-order valence-corrected chi connectivity index (χ0v) is 22.2. The Morgan fingerprint density at radius 1 is 0.861 bits per heavy atom. The highest BCUT2D eigenvalue weighted by Crippen LogP contribution is 2.34. The number of nitrogens with zero attached hydrogens (tertiary/aromatic N) is 2. The number of carbonyl (C=O) groups is 1. The second-order valence-electron chi connectivity index (χ2n) is 9.90. The van der Waals surface area contributed by atoms with Crippen molar-refractivity contribution < 1.29 is 22.7 Å². The van der Waals surface area contributed by atoms with E-state index in [1.54, 1.807) is 22.5 Å². The van der Waals surface area contributed by atoms with Crippen LogP contribution in [-0.2, 0) is 10.0 Å². The van der Waals surface area contributed by atoms with Gasteiger partial charge in [0.2, 0.25) is 10.0 Å². The van der Waals surface area contributed by atoms with Crippen molar-refractivity contribution in [3.05, 3.63) is 54.1 Å². The molecule has 8 heteroatoms. The van der Waals surface area contributed by atoms with Crippen molar-refractivity contribution in [2.45, 2.75) is 49.8 Å². The predicted molar refractivity (Wildman–Crippen MR) is 140 cm³/mol. The maximum absolute atomic E-state index is 13.3. The summed E-state index contributed by atoms with van der Waals surface area (Å²) in [6, 6.07) is 14.4. The number of methoxy groups -OCH3 is 2. The smallest absolute Gasteiger partial charge is 0.253 e. The van der Waals surface area contributed by atoms with Crippen LogP contribution >= 0.6 is 0 Å². The van der Waals surface area contributed by atoms with E-state index in [0.29, 0.717) is 36.4 Å². The van der Waals surface area contributed by atoms with Crippen LogP contribution in [0.3, 0.4) is 0 Å². The monoisotopic (exact) mass is 514 g/mol. The van der Waals surface area contributed by atoms with E-state index in [1.165, 1.54) is 27.1 Å². The highest BCUT2D eigenvalue weighted by Gasteiger charge is 2.32. The van der Waals surface area contributed by atoms with E-state index in [1.807, 2.05) is 35.2 Å². The number of rotatable bonds is 9. The van der Waals surface area contributed by atoms with E-state index in [9.17, 15) is 13.2 Å². The summed E-state index contributed by atoms with van der Waals surface area (Å²) in [4.78, 5) is 14.8. The number of hydrogen-bond acceptors (Lipinski definition) is 5. The van der Waals surface area contributed by atoms with Gasteiger partial charge in [0.05, 0.1) is 14.2 Å². The fourth-order valence-corrected chi connectivity index (χ4v) is 7.09. The number of sulfonamides is 1. The Balaban J connectivity index is 1.20.